The molecule has 0 atom stereocenters. The number of methoxy groups -OCH3 is 1. The molecule has 0 bridgehead atoms. The molecule has 0 spiro atoms. The largest absolute Gasteiger partial charge is 0.478 e. The average Bonchev–Trinajstić information content (AvgIpc) is 3.31. The molecule has 1 N–H and O–H groups in total. The fourth-order valence-electron chi connectivity index (χ4n) is 4.38. The van der Waals surface area contributed by atoms with E-state index in [0.717, 1.165) is 28.0 Å². The SMILES string of the molecule is [C-]#[N+]c1ccc(COc2cccc(-c3ccc(Cc4nc5ccc(C(=O)O)cc5n4CCOC)cc3)n2)c(F)c1. The lowest BCUT2D eigenvalue weighted by Crippen LogP contribution is -2.09. The first-order valence-corrected chi connectivity index (χ1v) is 12.5. The fraction of sp³-hybridized carbons (Fsp3) is 0.161. The Balaban J connectivity index is 1.33. The Morgan fingerprint density at radius 2 is 1.88 bits per heavy atom. The number of aromatic nitrogens is 3. The number of rotatable bonds is 10. The Labute approximate surface area is 230 Å². The van der Waals surface area contributed by atoms with Crippen LogP contribution in [0.25, 0.3) is 27.1 Å². The Morgan fingerprint density at radius 1 is 1.05 bits per heavy atom. The number of pyridine rings is 1. The number of nitrogens with zero attached hydrogens (tertiary/aromatic N) is 4. The Bertz CT molecular complexity index is 1720. The van der Waals surface area contributed by atoms with Crippen LogP contribution < -0.4 is 4.74 Å². The highest BCUT2D eigenvalue weighted by Gasteiger charge is 2.14. The summed E-state index contributed by atoms with van der Waals surface area (Å²) in [6.45, 7) is 8.01. The predicted molar refractivity (Wildman–Crippen MR) is 148 cm³/mol. The Kier molecular flexibility index (Phi) is 7.80. The molecular formula is C31H25FN4O4. The maximum atomic E-state index is 14.2. The van der Waals surface area contributed by atoms with Crippen molar-refractivity contribution in [1.82, 2.24) is 14.5 Å². The normalized spacial score (nSPS) is 10.9. The number of imidazole rings is 1. The summed E-state index contributed by atoms with van der Waals surface area (Å²) in [4.78, 5) is 24.0. The van der Waals surface area contributed by atoms with Crippen molar-refractivity contribution in [3.05, 3.63) is 119 Å². The zero-order valence-corrected chi connectivity index (χ0v) is 21.7. The molecule has 0 saturated carbocycles. The van der Waals surface area contributed by atoms with Crippen molar-refractivity contribution in [1.29, 1.82) is 0 Å². The smallest absolute Gasteiger partial charge is 0.335 e. The van der Waals surface area contributed by atoms with Gasteiger partial charge in [0.15, 0.2) is 5.69 Å². The van der Waals surface area contributed by atoms with Crippen LogP contribution in [0.3, 0.4) is 0 Å². The van der Waals surface area contributed by atoms with Crippen LogP contribution in [0, 0.1) is 12.4 Å². The molecule has 5 rings (SSSR count). The molecule has 0 radical (unpaired) electrons. The van der Waals surface area contributed by atoms with E-state index in [-0.39, 0.29) is 17.9 Å². The van der Waals surface area contributed by atoms with Crippen LogP contribution in [0.15, 0.2) is 78.9 Å². The summed E-state index contributed by atoms with van der Waals surface area (Å²) in [5, 5.41) is 9.41. The van der Waals surface area contributed by atoms with Gasteiger partial charge in [0.25, 0.3) is 0 Å². The van der Waals surface area contributed by atoms with Gasteiger partial charge in [0.1, 0.15) is 18.2 Å². The molecule has 0 unspecified atom stereocenters. The summed E-state index contributed by atoms with van der Waals surface area (Å²) in [7, 11) is 1.63. The molecule has 0 aliphatic rings. The van der Waals surface area contributed by atoms with Gasteiger partial charge in [-0.1, -0.05) is 42.5 Å². The van der Waals surface area contributed by atoms with E-state index in [9.17, 15) is 14.3 Å². The summed E-state index contributed by atoms with van der Waals surface area (Å²) >= 11 is 0. The van der Waals surface area contributed by atoms with Crippen molar-refractivity contribution in [3.8, 4) is 17.1 Å². The van der Waals surface area contributed by atoms with E-state index >= 15 is 0 Å². The van der Waals surface area contributed by atoms with Crippen molar-refractivity contribution < 1.29 is 23.8 Å². The minimum absolute atomic E-state index is 0.00245. The predicted octanol–water partition coefficient (Wildman–Crippen LogP) is 6.30. The number of ether oxygens (including phenoxy) is 2. The van der Waals surface area contributed by atoms with E-state index in [1.54, 1.807) is 43.5 Å². The third-order valence-electron chi connectivity index (χ3n) is 6.47. The highest BCUT2D eigenvalue weighted by atomic mass is 19.1. The maximum absolute atomic E-state index is 14.2. The molecule has 2 aromatic heterocycles. The number of hydrogen-bond donors (Lipinski definition) is 1. The third-order valence-corrected chi connectivity index (χ3v) is 6.47. The lowest BCUT2D eigenvalue weighted by Gasteiger charge is -2.10. The summed E-state index contributed by atoms with van der Waals surface area (Å²) in [6.07, 6.45) is 0.551. The molecular weight excluding hydrogens is 511 g/mol. The molecule has 5 aromatic rings. The van der Waals surface area contributed by atoms with Gasteiger partial charge < -0.3 is 19.1 Å². The van der Waals surface area contributed by atoms with Crippen LogP contribution in [0.2, 0.25) is 0 Å². The molecule has 0 aliphatic carbocycles. The van der Waals surface area contributed by atoms with E-state index in [2.05, 4.69) is 9.83 Å². The van der Waals surface area contributed by atoms with Crippen molar-refractivity contribution in [2.75, 3.05) is 13.7 Å². The summed E-state index contributed by atoms with van der Waals surface area (Å²) in [6, 6.07) is 22.6. The van der Waals surface area contributed by atoms with E-state index in [1.807, 2.05) is 41.0 Å². The van der Waals surface area contributed by atoms with Crippen LogP contribution in [-0.4, -0.2) is 39.3 Å². The van der Waals surface area contributed by atoms with E-state index in [0.29, 0.717) is 36.7 Å². The van der Waals surface area contributed by atoms with Gasteiger partial charge in [-0.2, -0.15) is 0 Å². The van der Waals surface area contributed by atoms with Gasteiger partial charge in [0.2, 0.25) is 5.88 Å². The molecule has 3 aromatic carbocycles. The zero-order chi connectivity index (χ0) is 28.1. The lowest BCUT2D eigenvalue weighted by molar-refractivity contribution is 0.0697. The quantitative estimate of drug-likeness (QED) is 0.211. The molecule has 0 saturated heterocycles. The lowest BCUT2D eigenvalue weighted by atomic mass is 10.1. The van der Waals surface area contributed by atoms with Crippen LogP contribution in [0.5, 0.6) is 5.88 Å². The fourth-order valence-corrected chi connectivity index (χ4v) is 4.38. The summed E-state index contributed by atoms with van der Waals surface area (Å²) in [5.74, 6) is -0.294. The van der Waals surface area contributed by atoms with Crippen molar-refractivity contribution >= 4 is 22.7 Å². The minimum atomic E-state index is -0.982. The Morgan fingerprint density at radius 3 is 2.60 bits per heavy atom. The van der Waals surface area contributed by atoms with E-state index < -0.39 is 11.8 Å². The second kappa shape index (κ2) is 11.8. The van der Waals surface area contributed by atoms with E-state index in [4.69, 9.17) is 21.0 Å². The number of aromatic carboxylic acids is 1. The molecule has 0 amide bonds. The highest BCUT2D eigenvalue weighted by Crippen LogP contribution is 2.25. The topological polar surface area (TPSA) is 90.8 Å². The first kappa shape index (κ1) is 26.5. The molecule has 8 nitrogen and oxygen atoms in total. The van der Waals surface area contributed by atoms with Crippen LogP contribution in [-0.2, 0) is 24.3 Å². The molecule has 200 valence electrons. The number of benzene rings is 3. The van der Waals surface area contributed by atoms with Crippen LogP contribution in [0.1, 0.15) is 27.3 Å². The number of hydrogen-bond acceptors (Lipinski definition) is 5. The molecule has 40 heavy (non-hydrogen) atoms. The zero-order valence-electron chi connectivity index (χ0n) is 21.7. The number of carboxylic acid groups (broad SMARTS) is 1. The first-order valence-electron chi connectivity index (χ1n) is 12.5. The van der Waals surface area contributed by atoms with Gasteiger partial charge in [-0.25, -0.2) is 24.0 Å². The molecule has 9 heteroatoms. The summed E-state index contributed by atoms with van der Waals surface area (Å²) < 4.78 is 27.2. The molecule has 0 aliphatic heterocycles. The average molecular weight is 537 g/mol. The van der Waals surface area contributed by atoms with E-state index in [1.165, 1.54) is 6.07 Å². The van der Waals surface area contributed by atoms with Gasteiger partial charge in [-0.15, -0.1) is 0 Å². The minimum Gasteiger partial charge on any atom is -0.478 e. The van der Waals surface area contributed by atoms with Crippen molar-refractivity contribution in [2.24, 2.45) is 0 Å². The Hall–Kier alpha value is -5.07. The first-order chi connectivity index (χ1) is 19.4. The number of fused-ring (bicyclic) bond motifs is 1. The standard InChI is InChI=1S/C31H25FN4O4/c1-33-24-12-10-23(25(32)18-24)19-40-30-5-3-4-26(35-30)21-8-6-20(7-9-21)16-29-34-27-13-11-22(31(37)38)17-28(27)36(29)14-15-39-2/h3-13,17-18H,14-16,19H2,2H3,(H,37,38). The second-order valence-corrected chi connectivity index (χ2v) is 9.09. The third kappa shape index (κ3) is 5.82. The number of halogens is 1. The van der Waals surface area contributed by atoms with Crippen LogP contribution in [0.4, 0.5) is 10.1 Å². The number of carboxylic acids is 1. The second-order valence-electron chi connectivity index (χ2n) is 9.09. The van der Waals surface area contributed by atoms with Gasteiger partial charge in [0, 0.05) is 37.3 Å². The van der Waals surface area contributed by atoms with Gasteiger partial charge in [0.05, 0.1) is 35.5 Å². The summed E-state index contributed by atoms with van der Waals surface area (Å²) in [5.41, 5.74) is 4.92. The van der Waals surface area contributed by atoms with Crippen molar-refractivity contribution in [2.45, 2.75) is 19.6 Å². The van der Waals surface area contributed by atoms with Gasteiger partial charge >= 0.3 is 5.97 Å². The van der Waals surface area contributed by atoms with Gasteiger partial charge in [-0.3, -0.25) is 0 Å². The van der Waals surface area contributed by atoms with Crippen LogP contribution >= 0.6 is 0 Å². The highest BCUT2D eigenvalue weighted by molar-refractivity contribution is 5.92. The molecule has 0 fully saturated rings. The maximum Gasteiger partial charge on any atom is 0.335 e. The number of carbonyl (C=O) groups is 1. The molecule has 2 heterocycles. The monoisotopic (exact) mass is 536 g/mol. The van der Waals surface area contributed by atoms with Crippen molar-refractivity contribution in [3.63, 3.8) is 0 Å². The van der Waals surface area contributed by atoms with Gasteiger partial charge in [-0.05, 0) is 35.9 Å².